The summed E-state index contributed by atoms with van der Waals surface area (Å²) in [6, 6.07) is 3.08. The number of benzene rings is 1. The molecule has 228 valence electrons. The van der Waals surface area contributed by atoms with Crippen molar-refractivity contribution >= 4 is 27.6 Å². The summed E-state index contributed by atoms with van der Waals surface area (Å²) >= 11 is 0. The van der Waals surface area contributed by atoms with E-state index < -0.39 is 16.4 Å². The van der Waals surface area contributed by atoms with Gasteiger partial charge in [-0.1, -0.05) is 0 Å². The quantitative estimate of drug-likeness (QED) is 0.344. The minimum absolute atomic E-state index is 0.0217. The van der Waals surface area contributed by atoms with Gasteiger partial charge in [0.25, 0.3) is 6.43 Å². The van der Waals surface area contributed by atoms with Crippen molar-refractivity contribution in [2.75, 3.05) is 50.9 Å². The van der Waals surface area contributed by atoms with E-state index in [4.69, 9.17) is 0 Å². The fraction of sp³-hybridized carbons (Fsp3) is 0.536. The highest BCUT2D eigenvalue weighted by atomic mass is 32.2. The highest BCUT2D eigenvalue weighted by molar-refractivity contribution is 7.88. The number of aromatic nitrogens is 2. The van der Waals surface area contributed by atoms with Crippen LogP contribution in [0.25, 0.3) is 11.1 Å². The van der Waals surface area contributed by atoms with Crippen LogP contribution in [0.15, 0.2) is 35.8 Å². The SMILES string of the molecule is CNC(=O)N1CCC(NC2CCN(S(C)(=O)=O)CC2)=C(C(=N)N2CCCc3cc(-c4cnn(C)c4)c(C(F)F)cc32)C1. The van der Waals surface area contributed by atoms with E-state index in [0.717, 1.165) is 17.7 Å². The molecule has 0 saturated carbocycles. The fourth-order valence-electron chi connectivity index (χ4n) is 6.08. The van der Waals surface area contributed by atoms with Gasteiger partial charge in [-0.25, -0.2) is 26.3 Å². The molecule has 1 aromatic heterocycles. The Labute approximate surface area is 245 Å². The zero-order valence-electron chi connectivity index (χ0n) is 24.2. The maximum absolute atomic E-state index is 14.4. The number of nitrogens with zero attached hydrogens (tertiary/aromatic N) is 5. The highest BCUT2D eigenvalue weighted by Gasteiger charge is 2.33. The summed E-state index contributed by atoms with van der Waals surface area (Å²) in [5.41, 5.74) is 3.89. The van der Waals surface area contributed by atoms with Gasteiger partial charge in [-0.2, -0.15) is 5.10 Å². The first-order chi connectivity index (χ1) is 20.0. The van der Waals surface area contributed by atoms with E-state index in [1.54, 1.807) is 47.0 Å². The molecule has 3 aliphatic rings. The van der Waals surface area contributed by atoms with Gasteiger partial charge in [0.2, 0.25) is 10.0 Å². The van der Waals surface area contributed by atoms with Crippen molar-refractivity contribution in [2.45, 2.75) is 44.6 Å². The van der Waals surface area contributed by atoms with Crippen LogP contribution >= 0.6 is 0 Å². The van der Waals surface area contributed by atoms with Crippen LogP contribution in [-0.4, -0.2) is 91.3 Å². The Hall–Kier alpha value is -3.52. The molecular formula is C28H38F2N8O3S. The Bertz CT molecular complexity index is 1500. The molecule has 3 aliphatic heterocycles. The summed E-state index contributed by atoms with van der Waals surface area (Å²) in [5, 5.41) is 19.7. The second-order valence-electron chi connectivity index (χ2n) is 11.1. The number of piperidine rings is 1. The standard InChI is InChI=1S/C28H38F2N8O3S/c1-32-28(39)36-10-8-24(34-20-6-11-37(12-7-20)42(3,40)41)23(17-36)27(31)38-9-4-5-18-13-21(19-15-33-35(2)16-19)22(26(29)30)14-25(18)38/h13-16,20,26,31,34H,4-12,17H2,1-3H3,(H,32,39). The zero-order valence-corrected chi connectivity index (χ0v) is 25.0. The maximum Gasteiger partial charge on any atom is 0.317 e. The van der Waals surface area contributed by atoms with Gasteiger partial charge in [0, 0.05) is 87.0 Å². The van der Waals surface area contributed by atoms with E-state index in [2.05, 4.69) is 15.7 Å². The summed E-state index contributed by atoms with van der Waals surface area (Å²) in [4.78, 5) is 16.0. The van der Waals surface area contributed by atoms with Crippen LogP contribution in [0.3, 0.4) is 0 Å². The Morgan fingerprint density at radius 1 is 1.14 bits per heavy atom. The van der Waals surface area contributed by atoms with E-state index in [1.165, 1.54) is 16.6 Å². The summed E-state index contributed by atoms with van der Waals surface area (Å²) < 4.78 is 55.7. The second kappa shape index (κ2) is 12.0. The summed E-state index contributed by atoms with van der Waals surface area (Å²) in [7, 11) is 0.0510. The molecule has 14 heteroatoms. The van der Waals surface area contributed by atoms with Crippen molar-refractivity contribution in [3.63, 3.8) is 0 Å². The Balaban J connectivity index is 1.47. The summed E-state index contributed by atoms with van der Waals surface area (Å²) in [6.07, 6.45) is 4.99. The van der Waals surface area contributed by atoms with Gasteiger partial charge in [-0.15, -0.1) is 0 Å². The second-order valence-corrected chi connectivity index (χ2v) is 13.1. The molecule has 42 heavy (non-hydrogen) atoms. The van der Waals surface area contributed by atoms with Crippen LogP contribution in [0, 0.1) is 5.41 Å². The molecule has 5 rings (SSSR count). The number of halogens is 2. The normalized spacial score (nSPS) is 18.8. The van der Waals surface area contributed by atoms with Gasteiger partial charge in [0.05, 0.1) is 19.0 Å². The van der Waals surface area contributed by atoms with Gasteiger partial charge in [0.1, 0.15) is 5.84 Å². The Morgan fingerprint density at radius 3 is 2.50 bits per heavy atom. The molecule has 11 nitrogen and oxygen atoms in total. The van der Waals surface area contributed by atoms with Crippen LogP contribution < -0.4 is 15.5 Å². The van der Waals surface area contributed by atoms with E-state index in [-0.39, 0.29) is 30.0 Å². The minimum Gasteiger partial charge on any atom is -0.385 e. The predicted molar refractivity (Wildman–Crippen MR) is 157 cm³/mol. The lowest BCUT2D eigenvalue weighted by atomic mass is 9.92. The smallest absolute Gasteiger partial charge is 0.317 e. The van der Waals surface area contributed by atoms with Gasteiger partial charge in [-0.3, -0.25) is 10.1 Å². The third kappa shape index (κ3) is 6.14. The van der Waals surface area contributed by atoms with E-state index in [0.29, 0.717) is 74.2 Å². The van der Waals surface area contributed by atoms with Crippen LogP contribution in [0.4, 0.5) is 19.3 Å². The lowest BCUT2D eigenvalue weighted by molar-refractivity contribution is 0.152. The number of aryl methyl sites for hydroxylation is 2. The Morgan fingerprint density at radius 2 is 1.88 bits per heavy atom. The zero-order chi connectivity index (χ0) is 30.2. The number of carbonyl (C=O) groups is 1. The van der Waals surface area contributed by atoms with Gasteiger partial charge >= 0.3 is 6.03 Å². The maximum atomic E-state index is 14.4. The number of fused-ring (bicyclic) bond motifs is 1. The number of urea groups is 1. The van der Waals surface area contributed by atoms with Crippen molar-refractivity contribution in [1.29, 1.82) is 5.41 Å². The predicted octanol–water partition coefficient (Wildman–Crippen LogP) is 3.07. The lowest BCUT2D eigenvalue weighted by Gasteiger charge is -2.39. The van der Waals surface area contributed by atoms with Gasteiger partial charge in [0.15, 0.2) is 0 Å². The average Bonchev–Trinajstić information content (AvgIpc) is 3.41. The van der Waals surface area contributed by atoms with Crippen LogP contribution in [-0.2, 0) is 23.5 Å². The third-order valence-electron chi connectivity index (χ3n) is 8.32. The van der Waals surface area contributed by atoms with Crippen molar-refractivity contribution in [1.82, 2.24) is 29.6 Å². The lowest BCUT2D eigenvalue weighted by Crippen LogP contribution is -2.50. The number of hydrogen-bond acceptors (Lipinski definition) is 6. The van der Waals surface area contributed by atoms with Gasteiger partial charge in [-0.05, 0) is 48.9 Å². The molecule has 0 unspecified atom stereocenters. The summed E-state index contributed by atoms with van der Waals surface area (Å²) in [5.74, 6) is 0.176. The number of amides is 2. The van der Waals surface area contributed by atoms with Crippen molar-refractivity contribution in [3.05, 3.63) is 46.9 Å². The van der Waals surface area contributed by atoms with E-state index in [9.17, 15) is 27.4 Å². The highest BCUT2D eigenvalue weighted by Crippen LogP contribution is 2.39. The molecule has 2 amide bonds. The molecule has 1 aromatic carbocycles. The number of hydrogen-bond donors (Lipinski definition) is 3. The first-order valence-electron chi connectivity index (χ1n) is 14.2. The number of sulfonamides is 1. The van der Waals surface area contributed by atoms with Crippen molar-refractivity contribution in [2.24, 2.45) is 7.05 Å². The van der Waals surface area contributed by atoms with E-state index >= 15 is 0 Å². The first-order valence-corrected chi connectivity index (χ1v) is 16.0. The molecule has 4 heterocycles. The molecule has 1 fully saturated rings. The largest absolute Gasteiger partial charge is 0.385 e. The number of amidine groups is 1. The molecule has 0 bridgehead atoms. The van der Waals surface area contributed by atoms with Crippen LogP contribution in [0.1, 0.15) is 43.2 Å². The average molecular weight is 605 g/mol. The minimum atomic E-state index is -3.26. The first kappa shape index (κ1) is 30.0. The van der Waals surface area contributed by atoms with E-state index in [1.807, 2.05) is 0 Å². The number of alkyl halides is 2. The van der Waals surface area contributed by atoms with Crippen molar-refractivity contribution < 1.29 is 22.0 Å². The molecule has 3 N–H and O–H groups in total. The topological polar surface area (TPSA) is 127 Å². The van der Waals surface area contributed by atoms with Crippen molar-refractivity contribution in [3.8, 4) is 11.1 Å². The number of nitrogens with one attached hydrogen (secondary N) is 3. The molecule has 0 aliphatic carbocycles. The molecule has 2 aromatic rings. The third-order valence-corrected chi connectivity index (χ3v) is 9.63. The molecule has 0 atom stereocenters. The fourth-order valence-corrected chi connectivity index (χ4v) is 6.96. The van der Waals surface area contributed by atoms with Gasteiger partial charge < -0.3 is 20.4 Å². The summed E-state index contributed by atoms with van der Waals surface area (Å²) in [6.45, 7) is 1.97. The Kier molecular flexibility index (Phi) is 8.56. The van der Waals surface area contributed by atoms with Crippen LogP contribution in [0.5, 0.6) is 0 Å². The number of anilines is 1. The monoisotopic (exact) mass is 604 g/mol. The molecule has 0 radical (unpaired) electrons. The molecular weight excluding hydrogens is 566 g/mol. The van der Waals surface area contributed by atoms with Crippen LogP contribution in [0.2, 0.25) is 0 Å². The number of carbonyl (C=O) groups excluding carboxylic acids is 1. The molecule has 1 saturated heterocycles. The number of rotatable bonds is 6. The molecule has 0 spiro atoms.